The maximum atomic E-state index is 13.2. The largest absolute Gasteiger partial charge is 0.491 e. The van der Waals surface area contributed by atoms with Gasteiger partial charge in [0.15, 0.2) is 0 Å². The third kappa shape index (κ3) is 6.23. The van der Waals surface area contributed by atoms with Crippen LogP contribution in [-0.4, -0.2) is 38.8 Å². The lowest BCUT2D eigenvalue weighted by Crippen LogP contribution is -2.27. The van der Waals surface area contributed by atoms with Gasteiger partial charge in [-0.1, -0.05) is 39.7 Å². The number of ether oxygens (including phenoxy) is 1. The van der Waals surface area contributed by atoms with Gasteiger partial charge in [-0.2, -0.15) is 5.10 Å². The fourth-order valence-electron chi connectivity index (χ4n) is 4.19. The van der Waals surface area contributed by atoms with E-state index in [0.29, 0.717) is 35.7 Å². The molecule has 0 aliphatic carbocycles. The average molecular weight is 573 g/mol. The van der Waals surface area contributed by atoms with Crippen LogP contribution in [0.15, 0.2) is 58.1 Å². The zero-order valence-electron chi connectivity index (χ0n) is 20.1. The first-order valence-corrected chi connectivity index (χ1v) is 13.0. The van der Waals surface area contributed by atoms with Gasteiger partial charge >= 0.3 is 5.97 Å². The zero-order valence-corrected chi connectivity index (χ0v) is 22.4. The highest BCUT2D eigenvalue weighted by molar-refractivity contribution is 9.10. The van der Waals surface area contributed by atoms with Gasteiger partial charge in [0.05, 0.1) is 23.4 Å². The van der Waals surface area contributed by atoms with E-state index in [2.05, 4.69) is 26.0 Å². The molecule has 0 bridgehead atoms. The van der Waals surface area contributed by atoms with Crippen molar-refractivity contribution in [2.45, 2.75) is 58.1 Å². The number of rotatable bonds is 9. The molecular weight excluding hydrogens is 546 g/mol. The van der Waals surface area contributed by atoms with E-state index in [1.165, 1.54) is 5.01 Å². The van der Waals surface area contributed by atoms with Crippen LogP contribution < -0.4 is 4.74 Å². The second kappa shape index (κ2) is 11.4. The van der Waals surface area contributed by atoms with Crippen LogP contribution in [0, 0.1) is 0 Å². The number of carboxylic acid groups (broad SMARTS) is 1. The lowest BCUT2D eigenvalue weighted by atomic mass is 9.98. The zero-order chi connectivity index (χ0) is 25.8. The second-order valence-corrected chi connectivity index (χ2v) is 10.3. The van der Waals surface area contributed by atoms with Gasteiger partial charge in [-0.3, -0.25) is 9.59 Å². The molecule has 1 N–H and O–H groups in total. The number of unbranched alkanes of at least 4 members (excludes halogenated alkanes) is 1. The predicted octanol–water partition coefficient (Wildman–Crippen LogP) is 6.76. The van der Waals surface area contributed by atoms with E-state index >= 15 is 0 Å². The minimum Gasteiger partial charge on any atom is -0.491 e. The number of benzene rings is 2. The summed E-state index contributed by atoms with van der Waals surface area (Å²) >= 11 is 10.1. The monoisotopic (exact) mass is 571 g/mol. The molecular formula is C27H27BrClN3O4. The van der Waals surface area contributed by atoms with Crippen LogP contribution in [0.25, 0.3) is 10.9 Å². The smallest absolute Gasteiger partial charge is 0.303 e. The van der Waals surface area contributed by atoms with Gasteiger partial charge in [-0.05, 0) is 62.6 Å². The number of fused-ring (bicyclic) bond motifs is 1. The molecule has 1 aliphatic heterocycles. The van der Waals surface area contributed by atoms with E-state index in [1.54, 1.807) is 0 Å². The van der Waals surface area contributed by atoms with E-state index in [0.717, 1.165) is 26.7 Å². The third-order valence-corrected chi connectivity index (χ3v) is 6.71. The van der Waals surface area contributed by atoms with E-state index in [-0.39, 0.29) is 24.9 Å². The molecule has 9 heteroatoms. The highest BCUT2D eigenvalue weighted by Crippen LogP contribution is 2.38. The molecule has 3 aromatic rings. The van der Waals surface area contributed by atoms with E-state index in [9.17, 15) is 9.59 Å². The van der Waals surface area contributed by atoms with Gasteiger partial charge in [-0.25, -0.2) is 9.99 Å². The lowest BCUT2D eigenvalue weighted by Gasteiger charge is -2.23. The molecule has 1 aliphatic rings. The number of aromatic nitrogens is 1. The fourth-order valence-corrected chi connectivity index (χ4v) is 4.72. The topological polar surface area (TPSA) is 92.1 Å². The molecule has 1 aromatic heterocycles. The maximum Gasteiger partial charge on any atom is 0.303 e. The van der Waals surface area contributed by atoms with Crippen LogP contribution in [0.1, 0.15) is 63.1 Å². The van der Waals surface area contributed by atoms with Crippen molar-refractivity contribution < 1.29 is 19.4 Å². The molecule has 0 fully saturated rings. The number of carbonyl (C=O) groups is 2. The van der Waals surface area contributed by atoms with Crippen molar-refractivity contribution in [2.75, 3.05) is 0 Å². The number of nitrogens with zero attached hydrogens (tertiary/aromatic N) is 3. The van der Waals surface area contributed by atoms with Crippen molar-refractivity contribution in [3.63, 3.8) is 0 Å². The van der Waals surface area contributed by atoms with E-state index in [4.69, 9.17) is 21.4 Å². The standard InChI is InChI=1S/C27H27BrClN3O4/c1-16(2)36-20-12-9-18-13-21(27(29)30-22(18)14-20)24-15-23(17-7-10-19(28)11-8-17)31-32(24)25(33)5-3-4-6-26(34)35/h7-14,16,24H,3-6,15H2,1-2H3,(H,34,35). The Morgan fingerprint density at radius 1 is 1.14 bits per heavy atom. The quantitative estimate of drug-likeness (QED) is 0.226. The van der Waals surface area contributed by atoms with Crippen molar-refractivity contribution in [1.82, 2.24) is 9.99 Å². The molecule has 2 heterocycles. The first-order chi connectivity index (χ1) is 17.2. The number of aliphatic carboxylic acids is 1. The Hall–Kier alpha value is -2.97. The molecule has 1 amide bonds. The van der Waals surface area contributed by atoms with Crippen LogP contribution in [0.4, 0.5) is 0 Å². The van der Waals surface area contributed by atoms with Gasteiger partial charge in [-0.15, -0.1) is 0 Å². The summed E-state index contributed by atoms with van der Waals surface area (Å²) < 4.78 is 6.73. The molecule has 0 spiro atoms. The molecule has 7 nitrogen and oxygen atoms in total. The van der Waals surface area contributed by atoms with Crippen LogP contribution >= 0.6 is 27.5 Å². The van der Waals surface area contributed by atoms with Crippen molar-refractivity contribution in [1.29, 1.82) is 0 Å². The van der Waals surface area contributed by atoms with Crippen molar-refractivity contribution in [3.8, 4) is 5.75 Å². The maximum absolute atomic E-state index is 13.2. The Morgan fingerprint density at radius 2 is 1.86 bits per heavy atom. The van der Waals surface area contributed by atoms with E-state index in [1.807, 2.05) is 62.4 Å². The fraction of sp³-hybridized carbons (Fsp3) is 0.333. The summed E-state index contributed by atoms with van der Waals surface area (Å²) in [5.41, 5.74) is 3.13. The Balaban J connectivity index is 1.65. The van der Waals surface area contributed by atoms with Crippen molar-refractivity contribution >= 4 is 56.0 Å². The summed E-state index contributed by atoms with van der Waals surface area (Å²) in [6.45, 7) is 3.92. The van der Waals surface area contributed by atoms with Gasteiger partial charge in [0.2, 0.25) is 5.91 Å². The summed E-state index contributed by atoms with van der Waals surface area (Å²) in [5, 5.41) is 16.3. The number of amides is 1. The molecule has 0 radical (unpaired) electrons. The molecule has 4 rings (SSSR count). The minimum absolute atomic E-state index is 0.0348. The van der Waals surface area contributed by atoms with Crippen molar-refractivity contribution in [3.05, 3.63) is 69.3 Å². The van der Waals surface area contributed by atoms with Crippen LogP contribution in [0.3, 0.4) is 0 Å². The lowest BCUT2D eigenvalue weighted by molar-refractivity contribution is -0.138. The molecule has 0 saturated heterocycles. The van der Waals surface area contributed by atoms with E-state index < -0.39 is 12.0 Å². The Morgan fingerprint density at radius 3 is 2.56 bits per heavy atom. The highest BCUT2D eigenvalue weighted by atomic mass is 79.9. The highest BCUT2D eigenvalue weighted by Gasteiger charge is 2.34. The SMILES string of the molecule is CC(C)Oc1ccc2cc(C3CC(c4ccc(Br)cc4)=NN3C(=O)CCCCC(=O)O)c(Cl)nc2c1. The number of hydrazone groups is 1. The summed E-state index contributed by atoms with van der Waals surface area (Å²) in [6.07, 6.45) is 1.67. The molecule has 188 valence electrons. The number of carboxylic acids is 1. The third-order valence-electron chi connectivity index (χ3n) is 5.88. The summed E-state index contributed by atoms with van der Waals surface area (Å²) in [4.78, 5) is 28.7. The number of hydrogen-bond donors (Lipinski definition) is 1. The Kier molecular flexibility index (Phi) is 8.26. The number of carbonyl (C=O) groups excluding carboxylic acids is 1. The molecule has 2 aromatic carbocycles. The number of hydrogen-bond acceptors (Lipinski definition) is 5. The van der Waals surface area contributed by atoms with Gasteiger partial charge in [0, 0.05) is 40.8 Å². The molecule has 36 heavy (non-hydrogen) atoms. The van der Waals surface area contributed by atoms with Gasteiger partial charge in [0.25, 0.3) is 0 Å². The Bertz CT molecular complexity index is 1310. The van der Waals surface area contributed by atoms with Gasteiger partial charge < -0.3 is 9.84 Å². The number of pyridine rings is 1. The minimum atomic E-state index is -0.868. The first kappa shape index (κ1) is 26.1. The van der Waals surface area contributed by atoms with Crippen LogP contribution in [0.5, 0.6) is 5.75 Å². The number of halogens is 2. The summed E-state index contributed by atoms with van der Waals surface area (Å²) in [6, 6.07) is 15.0. The van der Waals surface area contributed by atoms with Gasteiger partial charge in [0.1, 0.15) is 10.9 Å². The van der Waals surface area contributed by atoms with Crippen LogP contribution in [-0.2, 0) is 9.59 Å². The molecule has 0 saturated carbocycles. The predicted molar refractivity (Wildman–Crippen MR) is 144 cm³/mol. The molecule has 1 unspecified atom stereocenters. The summed E-state index contributed by atoms with van der Waals surface area (Å²) in [5.74, 6) is -0.323. The Labute approximate surface area is 223 Å². The second-order valence-electron chi connectivity index (χ2n) is 9.00. The van der Waals surface area contributed by atoms with Crippen molar-refractivity contribution in [2.24, 2.45) is 5.10 Å². The van der Waals surface area contributed by atoms with Crippen LogP contribution in [0.2, 0.25) is 5.15 Å². The average Bonchev–Trinajstić information content (AvgIpc) is 3.26. The molecule has 1 atom stereocenters. The normalized spacial score (nSPS) is 15.4. The summed E-state index contributed by atoms with van der Waals surface area (Å²) in [7, 11) is 0. The first-order valence-electron chi connectivity index (χ1n) is 11.9.